The lowest BCUT2D eigenvalue weighted by atomic mass is 10.2. The Balaban J connectivity index is 1.49. The summed E-state index contributed by atoms with van der Waals surface area (Å²) in [6.45, 7) is 1.43. The van der Waals surface area contributed by atoms with Gasteiger partial charge in [-0.3, -0.25) is 14.9 Å². The second-order valence-electron chi connectivity index (χ2n) is 7.11. The van der Waals surface area contributed by atoms with E-state index < -0.39 is 10.0 Å². The van der Waals surface area contributed by atoms with Gasteiger partial charge in [-0.25, -0.2) is 13.4 Å². The first-order valence-corrected chi connectivity index (χ1v) is 11.6. The lowest BCUT2D eigenvalue weighted by Gasteiger charge is -2.16. The maximum Gasteiger partial charge on any atom is 0.257 e. The van der Waals surface area contributed by atoms with Gasteiger partial charge in [-0.05, 0) is 55.3 Å². The zero-order valence-electron chi connectivity index (χ0n) is 16.4. The number of benzene rings is 2. The maximum atomic E-state index is 12.6. The quantitative estimate of drug-likeness (QED) is 0.606. The first-order chi connectivity index (χ1) is 14.2. The van der Waals surface area contributed by atoms with Crippen LogP contribution in [0.5, 0.6) is 0 Å². The summed E-state index contributed by atoms with van der Waals surface area (Å²) in [4.78, 5) is 28.3. The molecule has 156 valence electrons. The standard InChI is InChI=1S/C20H20N4O4S2/c1-12(25)21-14-5-10-17-18(11-14)29-20(22-17)23-19(26)13-3-8-16(9-4-13)30(27,28)24(2)15-6-7-15/h3-5,8-11,15H,6-7H2,1-2H3,(H,21,25)(H,22,23,26). The number of anilines is 2. The molecule has 8 nitrogen and oxygen atoms in total. The summed E-state index contributed by atoms with van der Waals surface area (Å²) < 4.78 is 27.3. The zero-order valence-corrected chi connectivity index (χ0v) is 18.0. The van der Waals surface area contributed by atoms with Gasteiger partial charge < -0.3 is 5.32 Å². The van der Waals surface area contributed by atoms with Gasteiger partial charge in [0, 0.05) is 31.3 Å². The highest BCUT2D eigenvalue weighted by molar-refractivity contribution is 7.89. The Morgan fingerprint density at radius 2 is 1.80 bits per heavy atom. The van der Waals surface area contributed by atoms with Crippen molar-refractivity contribution in [2.45, 2.75) is 30.7 Å². The van der Waals surface area contributed by atoms with E-state index in [1.807, 2.05) is 0 Å². The van der Waals surface area contributed by atoms with Crippen LogP contribution < -0.4 is 10.6 Å². The number of hydrogen-bond acceptors (Lipinski definition) is 6. The summed E-state index contributed by atoms with van der Waals surface area (Å²) in [5.74, 6) is -0.545. The number of carbonyl (C=O) groups is 2. The van der Waals surface area contributed by atoms with Crippen LogP contribution in [0.1, 0.15) is 30.1 Å². The first-order valence-electron chi connectivity index (χ1n) is 9.32. The number of nitrogens with one attached hydrogen (secondary N) is 2. The fraction of sp³-hybridized carbons (Fsp3) is 0.250. The van der Waals surface area contributed by atoms with Crippen molar-refractivity contribution in [3.63, 3.8) is 0 Å². The highest BCUT2D eigenvalue weighted by Crippen LogP contribution is 2.31. The molecule has 0 atom stereocenters. The molecule has 1 aromatic heterocycles. The molecule has 2 N–H and O–H groups in total. The first kappa shape index (κ1) is 20.5. The molecular weight excluding hydrogens is 424 g/mol. The van der Waals surface area contributed by atoms with Crippen LogP contribution in [-0.2, 0) is 14.8 Å². The van der Waals surface area contributed by atoms with Crippen LogP contribution in [0.2, 0.25) is 0 Å². The van der Waals surface area contributed by atoms with Crippen LogP contribution >= 0.6 is 11.3 Å². The molecule has 0 aliphatic heterocycles. The van der Waals surface area contributed by atoms with Crippen LogP contribution in [0.3, 0.4) is 0 Å². The molecule has 1 fully saturated rings. The summed E-state index contributed by atoms with van der Waals surface area (Å²) in [7, 11) is -1.96. The largest absolute Gasteiger partial charge is 0.326 e. The lowest BCUT2D eigenvalue weighted by Crippen LogP contribution is -2.29. The molecule has 3 aromatic rings. The van der Waals surface area contributed by atoms with Crippen molar-refractivity contribution in [3.8, 4) is 0 Å². The molecule has 0 unspecified atom stereocenters. The third-order valence-electron chi connectivity index (χ3n) is 4.78. The number of nitrogens with zero attached hydrogens (tertiary/aromatic N) is 2. The summed E-state index contributed by atoms with van der Waals surface area (Å²) in [5.41, 5.74) is 1.69. The summed E-state index contributed by atoms with van der Waals surface area (Å²) >= 11 is 1.29. The van der Waals surface area contributed by atoms with Crippen molar-refractivity contribution in [1.82, 2.24) is 9.29 Å². The van der Waals surface area contributed by atoms with Crippen molar-refractivity contribution in [2.24, 2.45) is 0 Å². The number of amides is 2. The molecule has 2 amide bonds. The van der Waals surface area contributed by atoms with E-state index in [4.69, 9.17) is 0 Å². The summed E-state index contributed by atoms with van der Waals surface area (Å²) in [6, 6.07) is 11.2. The van der Waals surface area contributed by atoms with Crippen LogP contribution in [0.4, 0.5) is 10.8 Å². The second-order valence-corrected chi connectivity index (χ2v) is 10.1. The van der Waals surface area contributed by atoms with Gasteiger partial charge in [0.2, 0.25) is 15.9 Å². The number of fused-ring (bicyclic) bond motifs is 1. The molecule has 0 bridgehead atoms. The molecular formula is C20H20N4O4S2. The topological polar surface area (TPSA) is 108 Å². The Bertz CT molecular complexity index is 1230. The normalized spacial score (nSPS) is 14.1. The molecule has 1 aliphatic carbocycles. The second kappa shape index (κ2) is 7.78. The number of rotatable bonds is 6. The SMILES string of the molecule is CC(=O)Nc1ccc2nc(NC(=O)c3ccc(S(=O)(=O)N(C)C4CC4)cc3)sc2c1. The van der Waals surface area contributed by atoms with Gasteiger partial charge in [0.05, 0.1) is 15.1 Å². The van der Waals surface area contributed by atoms with E-state index in [1.54, 1.807) is 25.2 Å². The number of aromatic nitrogens is 1. The van der Waals surface area contributed by atoms with Crippen molar-refractivity contribution in [1.29, 1.82) is 0 Å². The van der Waals surface area contributed by atoms with E-state index in [0.29, 0.717) is 21.9 Å². The molecule has 30 heavy (non-hydrogen) atoms. The van der Waals surface area contributed by atoms with E-state index >= 15 is 0 Å². The molecule has 10 heteroatoms. The molecule has 2 aromatic carbocycles. The van der Waals surface area contributed by atoms with E-state index in [-0.39, 0.29) is 22.8 Å². The minimum Gasteiger partial charge on any atom is -0.326 e. The molecule has 0 radical (unpaired) electrons. The van der Waals surface area contributed by atoms with Gasteiger partial charge in [0.25, 0.3) is 5.91 Å². The van der Waals surface area contributed by atoms with E-state index in [9.17, 15) is 18.0 Å². The molecule has 4 rings (SSSR count). The molecule has 0 saturated heterocycles. The fourth-order valence-electron chi connectivity index (χ4n) is 3.01. The van der Waals surface area contributed by atoms with Crippen LogP contribution in [0, 0.1) is 0 Å². The van der Waals surface area contributed by atoms with Gasteiger partial charge in [0.1, 0.15) is 0 Å². The molecule has 0 spiro atoms. The van der Waals surface area contributed by atoms with Gasteiger partial charge >= 0.3 is 0 Å². The van der Waals surface area contributed by atoms with Gasteiger partial charge in [-0.1, -0.05) is 11.3 Å². The lowest BCUT2D eigenvalue weighted by molar-refractivity contribution is -0.114. The van der Waals surface area contributed by atoms with Crippen LogP contribution in [-0.4, -0.2) is 42.6 Å². The Morgan fingerprint density at radius 3 is 2.43 bits per heavy atom. The third kappa shape index (κ3) is 4.20. The fourth-order valence-corrected chi connectivity index (χ4v) is 5.32. The van der Waals surface area contributed by atoms with E-state index in [1.165, 1.54) is 46.8 Å². The van der Waals surface area contributed by atoms with Crippen LogP contribution in [0.25, 0.3) is 10.2 Å². The molecule has 1 heterocycles. The molecule has 1 aliphatic rings. The third-order valence-corrected chi connectivity index (χ3v) is 7.64. The number of carbonyl (C=O) groups excluding carboxylic acids is 2. The monoisotopic (exact) mass is 444 g/mol. The number of sulfonamides is 1. The van der Waals surface area contributed by atoms with Crippen molar-refractivity contribution in [2.75, 3.05) is 17.7 Å². The van der Waals surface area contributed by atoms with Gasteiger partial charge in [-0.2, -0.15) is 4.31 Å². The number of thiazole rings is 1. The Labute approximate surface area is 178 Å². The minimum atomic E-state index is -3.55. The summed E-state index contributed by atoms with van der Waals surface area (Å²) in [5, 5.41) is 5.86. The smallest absolute Gasteiger partial charge is 0.257 e. The highest BCUT2D eigenvalue weighted by atomic mass is 32.2. The van der Waals surface area contributed by atoms with Gasteiger partial charge in [0.15, 0.2) is 5.13 Å². The Morgan fingerprint density at radius 1 is 1.10 bits per heavy atom. The van der Waals surface area contributed by atoms with E-state index in [2.05, 4.69) is 15.6 Å². The van der Waals surface area contributed by atoms with Crippen LogP contribution in [0.15, 0.2) is 47.4 Å². The van der Waals surface area contributed by atoms with Crippen molar-refractivity contribution >= 4 is 54.2 Å². The Hall–Kier alpha value is -2.82. The van der Waals surface area contributed by atoms with Crippen molar-refractivity contribution in [3.05, 3.63) is 48.0 Å². The predicted molar refractivity (Wildman–Crippen MR) is 116 cm³/mol. The Kier molecular flexibility index (Phi) is 5.31. The minimum absolute atomic E-state index is 0.0724. The summed E-state index contributed by atoms with van der Waals surface area (Å²) in [6.07, 6.45) is 1.76. The average molecular weight is 445 g/mol. The van der Waals surface area contributed by atoms with Crippen molar-refractivity contribution < 1.29 is 18.0 Å². The highest BCUT2D eigenvalue weighted by Gasteiger charge is 2.35. The zero-order chi connectivity index (χ0) is 21.5. The number of hydrogen-bond donors (Lipinski definition) is 2. The predicted octanol–water partition coefficient (Wildman–Crippen LogP) is 3.29. The average Bonchev–Trinajstić information content (AvgIpc) is 3.47. The van der Waals surface area contributed by atoms with E-state index in [0.717, 1.165) is 17.5 Å². The van der Waals surface area contributed by atoms with Gasteiger partial charge in [-0.15, -0.1) is 0 Å². The molecule has 1 saturated carbocycles. The maximum absolute atomic E-state index is 12.6.